The van der Waals surface area contributed by atoms with E-state index >= 15 is 0 Å². The average molecular weight is 326 g/mol. The van der Waals surface area contributed by atoms with Crippen LogP contribution in [0.4, 0.5) is 0 Å². The first-order valence-corrected chi connectivity index (χ1v) is 7.79. The molecule has 0 saturated heterocycles. The molecule has 0 fully saturated rings. The number of ether oxygens (including phenoxy) is 2. The molecule has 0 spiro atoms. The van der Waals surface area contributed by atoms with Gasteiger partial charge in [0.15, 0.2) is 0 Å². The smallest absolute Gasteiger partial charge is 0.244 e. The summed E-state index contributed by atoms with van der Waals surface area (Å²) in [5.41, 5.74) is 4.24. The maximum Gasteiger partial charge on any atom is 0.244 e. The lowest BCUT2D eigenvalue weighted by atomic mass is 10.1. The van der Waals surface area contributed by atoms with Crippen molar-refractivity contribution < 1.29 is 14.3 Å². The molecule has 24 heavy (non-hydrogen) atoms. The molecule has 0 bridgehead atoms. The highest BCUT2D eigenvalue weighted by Crippen LogP contribution is 2.17. The zero-order valence-electron chi connectivity index (χ0n) is 14.2. The lowest BCUT2D eigenvalue weighted by Crippen LogP contribution is -2.19. The molecule has 2 aromatic rings. The third-order valence-electron chi connectivity index (χ3n) is 3.20. The van der Waals surface area contributed by atoms with Crippen LogP contribution in [-0.2, 0) is 11.2 Å². The number of benzene rings is 2. The molecule has 0 heterocycles. The number of hydrogen-bond donors (Lipinski definition) is 1. The van der Waals surface area contributed by atoms with Crippen molar-refractivity contribution >= 4 is 12.1 Å². The second kappa shape index (κ2) is 8.72. The van der Waals surface area contributed by atoms with Gasteiger partial charge in [0.1, 0.15) is 11.5 Å². The molecule has 0 radical (unpaired) electrons. The summed E-state index contributed by atoms with van der Waals surface area (Å²) in [5.74, 6) is 1.32. The van der Waals surface area contributed by atoms with Crippen molar-refractivity contribution in [3.63, 3.8) is 0 Å². The Kier molecular flexibility index (Phi) is 6.37. The molecule has 0 aliphatic carbocycles. The predicted octanol–water partition coefficient (Wildman–Crippen LogP) is 3.18. The highest BCUT2D eigenvalue weighted by molar-refractivity contribution is 5.85. The Morgan fingerprint density at radius 2 is 1.88 bits per heavy atom. The Hall–Kier alpha value is -2.82. The number of nitrogens with one attached hydrogen (secondary N) is 1. The zero-order valence-corrected chi connectivity index (χ0v) is 14.2. The van der Waals surface area contributed by atoms with E-state index in [9.17, 15) is 4.79 Å². The highest BCUT2D eigenvalue weighted by Gasteiger charge is 2.04. The van der Waals surface area contributed by atoms with Gasteiger partial charge in [-0.25, -0.2) is 5.43 Å². The Balaban J connectivity index is 1.92. The van der Waals surface area contributed by atoms with E-state index in [4.69, 9.17) is 9.47 Å². The standard InChI is InChI=1S/C19H22N2O3/c1-14(2)24-18-7-5-4-6-16(18)13-20-21-19(22)12-15-8-10-17(23-3)11-9-15/h4-11,13-14H,12H2,1-3H3,(H,21,22)/b20-13-. The van der Waals surface area contributed by atoms with Gasteiger partial charge in [0, 0.05) is 5.56 Å². The van der Waals surface area contributed by atoms with Crippen LogP contribution in [0.1, 0.15) is 25.0 Å². The first-order valence-electron chi connectivity index (χ1n) is 7.79. The molecule has 5 nitrogen and oxygen atoms in total. The van der Waals surface area contributed by atoms with E-state index in [0.29, 0.717) is 0 Å². The van der Waals surface area contributed by atoms with Crippen LogP contribution in [0.25, 0.3) is 0 Å². The quantitative estimate of drug-likeness (QED) is 0.628. The van der Waals surface area contributed by atoms with Crippen LogP contribution in [0.2, 0.25) is 0 Å². The largest absolute Gasteiger partial charge is 0.497 e. The average Bonchev–Trinajstić information content (AvgIpc) is 2.56. The number of hydrazone groups is 1. The minimum absolute atomic E-state index is 0.0733. The number of hydrogen-bond acceptors (Lipinski definition) is 4. The van der Waals surface area contributed by atoms with Crippen LogP contribution in [-0.4, -0.2) is 25.3 Å². The summed E-state index contributed by atoms with van der Waals surface area (Å²) < 4.78 is 10.8. The van der Waals surface area contributed by atoms with Crippen molar-refractivity contribution in [3.8, 4) is 11.5 Å². The second-order valence-electron chi connectivity index (χ2n) is 5.52. The fourth-order valence-electron chi connectivity index (χ4n) is 2.09. The van der Waals surface area contributed by atoms with E-state index in [1.54, 1.807) is 13.3 Å². The van der Waals surface area contributed by atoms with Crippen LogP contribution in [0.5, 0.6) is 11.5 Å². The number of para-hydroxylation sites is 1. The van der Waals surface area contributed by atoms with Crippen molar-refractivity contribution in [3.05, 3.63) is 59.7 Å². The van der Waals surface area contributed by atoms with Gasteiger partial charge in [0.2, 0.25) is 5.91 Å². The van der Waals surface area contributed by atoms with Gasteiger partial charge < -0.3 is 9.47 Å². The summed E-state index contributed by atoms with van der Waals surface area (Å²) in [7, 11) is 1.61. The summed E-state index contributed by atoms with van der Waals surface area (Å²) in [6, 6.07) is 14.9. The van der Waals surface area contributed by atoms with Crippen LogP contribution < -0.4 is 14.9 Å². The number of carbonyl (C=O) groups is 1. The van der Waals surface area contributed by atoms with Crippen molar-refractivity contribution in [2.24, 2.45) is 5.10 Å². The molecule has 1 amide bonds. The van der Waals surface area contributed by atoms with Crippen LogP contribution in [0.3, 0.4) is 0 Å². The molecule has 2 aromatic carbocycles. The minimum atomic E-state index is -0.182. The van der Waals surface area contributed by atoms with E-state index in [0.717, 1.165) is 22.6 Å². The van der Waals surface area contributed by atoms with Gasteiger partial charge >= 0.3 is 0 Å². The SMILES string of the molecule is COc1ccc(CC(=O)N/N=C\c2ccccc2OC(C)C)cc1. The molecular weight excluding hydrogens is 304 g/mol. The minimum Gasteiger partial charge on any atom is -0.497 e. The van der Waals surface area contributed by atoms with E-state index in [1.165, 1.54) is 0 Å². The van der Waals surface area contributed by atoms with Crippen molar-refractivity contribution in [1.82, 2.24) is 5.43 Å². The molecule has 2 rings (SSSR count). The van der Waals surface area contributed by atoms with Gasteiger partial charge in [-0.2, -0.15) is 5.10 Å². The molecule has 0 unspecified atom stereocenters. The summed E-state index contributed by atoms with van der Waals surface area (Å²) in [6.07, 6.45) is 1.92. The molecule has 0 aliphatic rings. The number of nitrogens with zero attached hydrogens (tertiary/aromatic N) is 1. The van der Waals surface area contributed by atoms with Gasteiger partial charge in [-0.1, -0.05) is 24.3 Å². The lowest BCUT2D eigenvalue weighted by molar-refractivity contribution is -0.120. The lowest BCUT2D eigenvalue weighted by Gasteiger charge is -2.11. The summed E-state index contributed by atoms with van der Waals surface area (Å²) in [5, 5.41) is 4.01. The molecule has 0 aliphatic heterocycles. The highest BCUT2D eigenvalue weighted by atomic mass is 16.5. The molecule has 5 heteroatoms. The molecule has 1 N–H and O–H groups in total. The van der Waals surface area contributed by atoms with Crippen LogP contribution in [0.15, 0.2) is 53.6 Å². The van der Waals surface area contributed by atoms with E-state index in [2.05, 4.69) is 10.5 Å². The second-order valence-corrected chi connectivity index (χ2v) is 5.52. The third kappa shape index (κ3) is 5.43. The third-order valence-corrected chi connectivity index (χ3v) is 3.20. The number of methoxy groups -OCH3 is 1. The normalized spacial score (nSPS) is 10.8. The van der Waals surface area contributed by atoms with Crippen molar-refractivity contribution in [2.45, 2.75) is 26.4 Å². The number of amides is 1. The van der Waals surface area contributed by atoms with E-state index in [-0.39, 0.29) is 18.4 Å². The molecule has 0 atom stereocenters. The number of rotatable bonds is 7. The van der Waals surface area contributed by atoms with Crippen LogP contribution >= 0.6 is 0 Å². The van der Waals surface area contributed by atoms with Crippen molar-refractivity contribution in [2.75, 3.05) is 7.11 Å². The summed E-state index contributed by atoms with van der Waals surface area (Å²) >= 11 is 0. The summed E-state index contributed by atoms with van der Waals surface area (Å²) in [4.78, 5) is 11.9. The monoisotopic (exact) mass is 326 g/mol. The molecule has 126 valence electrons. The molecular formula is C19H22N2O3. The van der Waals surface area contributed by atoms with Gasteiger partial charge in [0.25, 0.3) is 0 Å². The number of carbonyl (C=O) groups excluding carboxylic acids is 1. The van der Waals surface area contributed by atoms with Gasteiger partial charge in [-0.3, -0.25) is 4.79 Å². The Labute approximate surface area is 142 Å². The fourth-order valence-corrected chi connectivity index (χ4v) is 2.09. The van der Waals surface area contributed by atoms with Crippen molar-refractivity contribution in [1.29, 1.82) is 0 Å². The van der Waals surface area contributed by atoms with Gasteiger partial charge in [0.05, 0.1) is 25.8 Å². The maximum absolute atomic E-state index is 11.9. The topological polar surface area (TPSA) is 59.9 Å². The molecule has 0 saturated carbocycles. The summed E-state index contributed by atoms with van der Waals surface area (Å²) in [6.45, 7) is 3.93. The Morgan fingerprint density at radius 1 is 1.17 bits per heavy atom. The first-order chi connectivity index (χ1) is 11.6. The predicted molar refractivity (Wildman–Crippen MR) is 94.6 cm³/mol. The van der Waals surface area contributed by atoms with E-state index < -0.39 is 0 Å². The first kappa shape index (κ1) is 17.5. The zero-order chi connectivity index (χ0) is 17.4. The Bertz CT molecular complexity index is 694. The Morgan fingerprint density at radius 3 is 2.54 bits per heavy atom. The van der Waals surface area contributed by atoms with Gasteiger partial charge in [-0.15, -0.1) is 0 Å². The van der Waals surface area contributed by atoms with Crippen LogP contribution in [0, 0.1) is 0 Å². The van der Waals surface area contributed by atoms with E-state index in [1.807, 2.05) is 62.4 Å². The fraction of sp³-hybridized carbons (Fsp3) is 0.263. The maximum atomic E-state index is 11.9. The molecule has 0 aromatic heterocycles. The van der Waals surface area contributed by atoms with Gasteiger partial charge in [-0.05, 0) is 43.7 Å².